The molecule has 0 radical (unpaired) electrons. The lowest BCUT2D eigenvalue weighted by atomic mass is 10.3. The standard InChI is InChI=1S/C20H16ClN7OS/c1-29-14-6-4-13(5-7-14)28-19(15-11-22-8-9-23-15)26-27-20(28)30-17-10-16(21)24-18(25-17)12-2-3-12/h4-12H,2-3H2,1H3. The van der Waals surface area contributed by atoms with Gasteiger partial charge in [0.15, 0.2) is 5.82 Å². The molecule has 1 aromatic carbocycles. The molecule has 0 bridgehead atoms. The smallest absolute Gasteiger partial charge is 0.202 e. The number of hydrogen-bond donors (Lipinski definition) is 0. The predicted octanol–water partition coefficient (Wildman–Crippen LogP) is 4.20. The Kier molecular flexibility index (Phi) is 5.06. The third-order valence-corrected chi connectivity index (χ3v) is 5.64. The van der Waals surface area contributed by atoms with Crippen LogP contribution in [-0.4, -0.2) is 41.8 Å². The van der Waals surface area contributed by atoms with Crippen LogP contribution in [0.25, 0.3) is 17.2 Å². The molecule has 5 rings (SSSR count). The van der Waals surface area contributed by atoms with Gasteiger partial charge in [-0.1, -0.05) is 11.6 Å². The van der Waals surface area contributed by atoms with Gasteiger partial charge in [0.2, 0.25) is 5.16 Å². The largest absolute Gasteiger partial charge is 0.497 e. The number of rotatable bonds is 6. The quantitative estimate of drug-likeness (QED) is 0.414. The molecule has 0 spiro atoms. The molecule has 0 aliphatic heterocycles. The fourth-order valence-corrected chi connectivity index (χ4v) is 4.08. The molecule has 1 aliphatic rings. The number of hydrogen-bond acceptors (Lipinski definition) is 8. The zero-order valence-corrected chi connectivity index (χ0v) is 17.5. The van der Waals surface area contributed by atoms with E-state index in [1.165, 1.54) is 11.8 Å². The minimum atomic E-state index is 0.401. The highest BCUT2D eigenvalue weighted by Gasteiger charge is 2.28. The van der Waals surface area contributed by atoms with Crippen LogP contribution < -0.4 is 4.74 Å². The first-order valence-electron chi connectivity index (χ1n) is 9.30. The van der Waals surface area contributed by atoms with E-state index in [1.807, 2.05) is 28.8 Å². The molecule has 1 saturated carbocycles. The summed E-state index contributed by atoms with van der Waals surface area (Å²) in [6, 6.07) is 9.39. The van der Waals surface area contributed by atoms with Crippen LogP contribution in [0, 0.1) is 0 Å². The van der Waals surface area contributed by atoms with Gasteiger partial charge in [0.05, 0.1) is 19.0 Å². The topological polar surface area (TPSA) is 91.5 Å². The van der Waals surface area contributed by atoms with E-state index in [4.69, 9.17) is 16.3 Å². The second-order valence-corrected chi connectivity index (χ2v) is 8.07. The molecule has 0 N–H and O–H groups in total. The molecule has 1 fully saturated rings. The molecule has 3 aromatic heterocycles. The van der Waals surface area contributed by atoms with Crippen molar-refractivity contribution in [1.29, 1.82) is 0 Å². The number of nitrogens with zero attached hydrogens (tertiary/aromatic N) is 7. The highest BCUT2D eigenvalue weighted by molar-refractivity contribution is 7.99. The maximum atomic E-state index is 6.24. The monoisotopic (exact) mass is 437 g/mol. The van der Waals surface area contributed by atoms with E-state index in [0.29, 0.717) is 27.7 Å². The van der Waals surface area contributed by atoms with E-state index in [1.54, 1.807) is 31.8 Å². The Morgan fingerprint density at radius 1 is 1.10 bits per heavy atom. The summed E-state index contributed by atoms with van der Waals surface area (Å²) in [7, 11) is 1.64. The molecule has 10 heteroatoms. The van der Waals surface area contributed by atoms with Gasteiger partial charge in [0.1, 0.15) is 27.4 Å². The fraction of sp³-hybridized carbons (Fsp3) is 0.200. The molecule has 3 heterocycles. The van der Waals surface area contributed by atoms with Gasteiger partial charge < -0.3 is 4.74 Å². The second-order valence-electron chi connectivity index (χ2n) is 6.69. The Balaban J connectivity index is 1.59. The predicted molar refractivity (Wildman–Crippen MR) is 112 cm³/mol. The van der Waals surface area contributed by atoms with Gasteiger partial charge in [-0.3, -0.25) is 9.55 Å². The van der Waals surface area contributed by atoms with Crippen molar-refractivity contribution in [2.75, 3.05) is 7.11 Å². The van der Waals surface area contributed by atoms with Crippen molar-refractivity contribution in [1.82, 2.24) is 34.7 Å². The van der Waals surface area contributed by atoms with Crippen LogP contribution in [0.3, 0.4) is 0 Å². The third-order valence-electron chi connectivity index (χ3n) is 4.58. The Bertz CT molecular complexity index is 1180. The SMILES string of the molecule is COc1ccc(-n2c(Sc3cc(Cl)nc(C4CC4)n3)nnc2-c2cnccn2)cc1. The summed E-state index contributed by atoms with van der Waals surface area (Å²) >= 11 is 7.62. The van der Waals surface area contributed by atoms with Crippen LogP contribution in [0.4, 0.5) is 0 Å². The summed E-state index contributed by atoms with van der Waals surface area (Å²) in [4.78, 5) is 17.6. The van der Waals surface area contributed by atoms with Crippen LogP contribution in [0.1, 0.15) is 24.6 Å². The Labute approximate surface area is 181 Å². The molecule has 0 saturated heterocycles. The zero-order chi connectivity index (χ0) is 20.5. The van der Waals surface area contributed by atoms with E-state index in [-0.39, 0.29) is 0 Å². The maximum absolute atomic E-state index is 6.24. The average molecular weight is 438 g/mol. The van der Waals surface area contributed by atoms with Crippen molar-refractivity contribution >= 4 is 23.4 Å². The molecular formula is C20H16ClN7OS. The Morgan fingerprint density at radius 2 is 1.93 bits per heavy atom. The lowest BCUT2D eigenvalue weighted by Gasteiger charge is -2.11. The lowest BCUT2D eigenvalue weighted by Crippen LogP contribution is -2.02. The number of benzene rings is 1. The molecular weight excluding hydrogens is 422 g/mol. The zero-order valence-electron chi connectivity index (χ0n) is 15.9. The van der Waals surface area contributed by atoms with Crippen molar-refractivity contribution < 1.29 is 4.74 Å². The lowest BCUT2D eigenvalue weighted by molar-refractivity contribution is 0.414. The minimum absolute atomic E-state index is 0.401. The summed E-state index contributed by atoms with van der Waals surface area (Å²) in [6.45, 7) is 0. The van der Waals surface area contributed by atoms with Crippen molar-refractivity contribution in [2.45, 2.75) is 28.9 Å². The molecule has 30 heavy (non-hydrogen) atoms. The first-order chi connectivity index (χ1) is 14.7. The highest BCUT2D eigenvalue weighted by atomic mass is 35.5. The third kappa shape index (κ3) is 3.86. The van der Waals surface area contributed by atoms with E-state index in [2.05, 4.69) is 30.1 Å². The van der Waals surface area contributed by atoms with Crippen LogP contribution in [-0.2, 0) is 0 Å². The maximum Gasteiger partial charge on any atom is 0.202 e. The normalized spacial score (nSPS) is 13.4. The number of halogens is 1. The van der Waals surface area contributed by atoms with E-state index < -0.39 is 0 Å². The average Bonchev–Trinajstić information content (AvgIpc) is 3.55. The summed E-state index contributed by atoms with van der Waals surface area (Å²) in [5, 5.41) is 10.6. The van der Waals surface area contributed by atoms with Gasteiger partial charge in [0.25, 0.3) is 0 Å². The second kappa shape index (κ2) is 8.00. The van der Waals surface area contributed by atoms with Crippen LogP contribution in [0.2, 0.25) is 5.15 Å². The molecule has 4 aromatic rings. The summed E-state index contributed by atoms with van der Waals surface area (Å²) in [5.74, 6) is 2.53. The van der Waals surface area contributed by atoms with Gasteiger partial charge in [-0.05, 0) is 48.9 Å². The molecule has 0 unspecified atom stereocenters. The first-order valence-corrected chi connectivity index (χ1v) is 10.5. The molecule has 8 nitrogen and oxygen atoms in total. The van der Waals surface area contributed by atoms with Gasteiger partial charge >= 0.3 is 0 Å². The van der Waals surface area contributed by atoms with E-state index in [0.717, 1.165) is 35.1 Å². The fourth-order valence-electron chi connectivity index (χ4n) is 2.96. The van der Waals surface area contributed by atoms with Gasteiger partial charge in [-0.15, -0.1) is 10.2 Å². The summed E-state index contributed by atoms with van der Waals surface area (Å²) in [6.07, 6.45) is 7.11. The molecule has 1 aliphatic carbocycles. The Morgan fingerprint density at radius 3 is 2.63 bits per heavy atom. The van der Waals surface area contributed by atoms with Crippen molar-refractivity contribution in [3.05, 3.63) is 59.9 Å². The summed E-state index contributed by atoms with van der Waals surface area (Å²) < 4.78 is 7.20. The number of aromatic nitrogens is 7. The first kappa shape index (κ1) is 19.0. The van der Waals surface area contributed by atoms with Crippen molar-refractivity contribution in [2.24, 2.45) is 0 Å². The molecule has 0 atom stereocenters. The van der Waals surface area contributed by atoms with Crippen LogP contribution in [0.15, 0.2) is 59.1 Å². The highest BCUT2D eigenvalue weighted by Crippen LogP contribution is 2.40. The molecule has 0 amide bonds. The number of ether oxygens (including phenoxy) is 1. The Hall–Kier alpha value is -3.04. The van der Waals surface area contributed by atoms with E-state index >= 15 is 0 Å². The van der Waals surface area contributed by atoms with Crippen molar-refractivity contribution in [3.8, 4) is 23.0 Å². The minimum Gasteiger partial charge on any atom is -0.497 e. The number of methoxy groups -OCH3 is 1. The van der Waals surface area contributed by atoms with E-state index in [9.17, 15) is 0 Å². The van der Waals surface area contributed by atoms with Crippen LogP contribution >= 0.6 is 23.4 Å². The summed E-state index contributed by atoms with van der Waals surface area (Å²) in [5.41, 5.74) is 1.48. The van der Waals surface area contributed by atoms with Crippen molar-refractivity contribution in [3.63, 3.8) is 0 Å². The van der Waals surface area contributed by atoms with Gasteiger partial charge in [-0.25, -0.2) is 15.0 Å². The van der Waals surface area contributed by atoms with Gasteiger partial charge in [-0.2, -0.15) is 0 Å². The van der Waals surface area contributed by atoms with Gasteiger partial charge in [0, 0.05) is 24.4 Å². The molecule has 150 valence electrons. The van der Waals surface area contributed by atoms with Crippen LogP contribution in [0.5, 0.6) is 5.75 Å².